The predicted octanol–water partition coefficient (Wildman–Crippen LogP) is 7.03. The lowest BCUT2D eigenvalue weighted by atomic mass is 10.0. The summed E-state index contributed by atoms with van der Waals surface area (Å²) in [6.45, 7) is 1.36. The van der Waals surface area contributed by atoms with Gasteiger partial charge in [-0.15, -0.1) is 0 Å². The third-order valence-corrected chi connectivity index (χ3v) is 7.13. The maximum Gasteiger partial charge on any atom is 0.224 e. The van der Waals surface area contributed by atoms with Gasteiger partial charge in [0.2, 0.25) is 5.91 Å². The Morgan fingerprint density at radius 2 is 1.61 bits per heavy atom. The fourth-order valence-electron chi connectivity index (χ4n) is 4.26. The Hall–Kier alpha value is -3.68. The summed E-state index contributed by atoms with van der Waals surface area (Å²) in [6, 6.07) is 28.0. The zero-order valence-electron chi connectivity index (χ0n) is 20.7. The summed E-state index contributed by atoms with van der Waals surface area (Å²) in [7, 11) is 0. The molecule has 5 aromatic rings. The van der Waals surface area contributed by atoms with E-state index >= 15 is 0 Å². The van der Waals surface area contributed by atoms with Crippen LogP contribution in [0.5, 0.6) is 0 Å². The summed E-state index contributed by atoms with van der Waals surface area (Å²) in [5.74, 6) is 0.866. The Kier molecular flexibility index (Phi) is 8.36. The SMILES string of the molecule is O=C(Cc1ccc(-c2ccccc2)cc1)NCCCCNc1cc(-c2ccccc2Cl)nc2c(Br)cnn12. The highest BCUT2D eigenvalue weighted by Crippen LogP contribution is 2.30. The van der Waals surface area contributed by atoms with Gasteiger partial charge in [0, 0.05) is 29.7 Å². The number of unbranched alkanes of at least 4 members (excludes halogenated alkanes) is 1. The summed E-state index contributed by atoms with van der Waals surface area (Å²) < 4.78 is 2.59. The van der Waals surface area contributed by atoms with Gasteiger partial charge in [-0.3, -0.25) is 4.79 Å². The van der Waals surface area contributed by atoms with Crippen LogP contribution in [0.1, 0.15) is 18.4 Å². The first-order valence-electron chi connectivity index (χ1n) is 12.5. The molecule has 6 nitrogen and oxygen atoms in total. The van der Waals surface area contributed by atoms with Crippen molar-refractivity contribution in [3.8, 4) is 22.4 Å². The van der Waals surface area contributed by atoms with Gasteiger partial charge < -0.3 is 10.6 Å². The van der Waals surface area contributed by atoms with Gasteiger partial charge in [-0.1, -0.05) is 84.4 Å². The second kappa shape index (κ2) is 12.2. The molecule has 38 heavy (non-hydrogen) atoms. The van der Waals surface area contributed by atoms with Crippen LogP contribution >= 0.6 is 27.5 Å². The Labute approximate surface area is 235 Å². The summed E-state index contributed by atoms with van der Waals surface area (Å²) in [5, 5.41) is 11.6. The van der Waals surface area contributed by atoms with E-state index in [1.54, 1.807) is 10.7 Å². The van der Waals surface area contributed by atoms with Gasteiger partial charge in [0.05, 0.1) is 22.8 Å². The number of fused-ring (bicyclic) bond motifs is 1. The molecule has 0 aliphatic carbocycles. The molecule has 1 amide bonds. The molecule has 2 N–H and O–H groups in total. The van der Waals surface area contributed by atoms with Crippen molar-refractivity contribution < 1.29 is 4.79 Å². The number of hydrogen-bond acceptors (Lipinski definition) is 4. The molecule has 2 aromatic heterocycles. The van der Waals surface area contributed by atoms with E-state index in [9.17, 15) is 4.79 Å². The molecule has 0 aliphatic rings. The molecule has 0 radical (unpaired) electrons. The van der Waals surface area contributed by atoms with E-state index in [1.165, 1.54) is 5.56 Å². The Morgan fingerprint density at radius 3 is 2.39 bits per heavy atom. The van der Waals surface area contributed by atoms with E-state index < -0.39 is 0 Å². The van der Waals surface area contributed by atoms with Gasteiger partial charge in [0.1, 0.15) is 5.82 Å². The smallest absolute Gasteiger partial charge is 0.224 e. The minimum atomic E-state index is 0.0343. The molecule has 5 rings (SSSR count). The monoisotopic (exact) mass is 587 g/mol. The zero-order valence-corrected chi connectivity index (χ0v) is 23.0. The first-order chi connectivity index (χ1) is 18.6. The van der Waals surface area contributed by atoms with Crippen molar-refractivity contribution in [2.75, 3.05) is 18.4 Å². The maximum absolute atomic E-state index is 12.4. The van der Waals surface area contributed by atoms with E-state index in [4.69, 9.17) is 16.6 Å². The number of rotatable bonds is 10. The van der Waals surface area contributed by atoms with Crippen molar-refractivity contribution in [1.29, 1.82) is 0 Å². The molecule has 0 fully saturated rings. The average molecular weight is 589 g/mol. The van der Waals surface area contributed by atoms with Crippen molar-refractivity contribution in [1.82, 2.24) is 19.9 Å². The number of halogens is 2. The topological polar surface area (TPSA) is 71.3 Å². The molecular formula is C30H27BrClN5O. The molecule has 0 bridgehead atoms. The van der Waals surface area contributed by atoms with E-state index in [2.05, 4.69) is 55.9 Å². The maximum atomic E-state index is 12.4. The van der Waals surface area contributed by atoms with E-state index in [1.807, 2.05) is 60.7 Å². The lowest BCUT2D eigenvalue weighted by Crippen LogP contribution is -2.26. The van der Waals surface area contributed by atoms with Crippen molar-refractivity contribution >= 4 is 44.9 Å². The number of benzene rings is 3. The molecule has 2 heterocycles. The fourth-order valence-corrected chi connectivity index (χ4v) is 4.84. The molecule has 8 heteroatoms. The first kappa shape index (κ1) is 25.9. The Balaban J connectivity index is 1.10. The molecule has 0 saturated heterocycles. The van der Waals surface area contributed by atoms with Crippen LogP contribution in [0.25, 0.3) is 28.0 Å². The standard InChI is InChI=1S/C30H27BrClN5O/c31-25-20-35-37-28(19-27(36-30(25)37)24-10-4-5-11-26(24)32)33-16-6-7-17-34-29(38)18-21-12-14-23(15-13-21)22-8-2-1-3-9-22/h1-5,8-15,19-20,33H,6-7,16-18H2,(H,34,38). The zero-order chi connectivity index (χ0) is 26.3. The van der Waals surface area contributed by atoms with Crippen molar-refractivity contribution in [2.24, 2.45) is 0 Å². The lowest BCUT2D eigenvalue weighted by molar-refractivity contribution is -0.120. The quantitative estimate of drug-likeness (QED) is 0.172. The summed E-state index contributed by atoms with van der Waals surface area (Å²) >= 11 is 9.95. The molecule has 3 aromatic carbocycles. The van der Waals surface area contributed by atoms with Crippen molar-refractivity contribution in [3.63, 3.8) is 0 Å². The van der Waals surface area contributed by atoms with Gasteiger partial charge >= 0.3 is 0 Å². The molecular weight excluding hydrogens is 562 g/mol. The van der Waals surface area contributed by atoms with E-state index in [0.29, 0.717) is 23.6 Å². The predicted molar refractivity (Wildman–Crippen MR) is 157 cm³/mol. The van der Waals surface area contributed by atoms with Crippen LogP contribution in [0.2, 0.25) is 5.02 Å². The minimum Gasteiger partial charge on any atom is -0.370 e. The van der Waals surface area contributed by atoms with Crippen molar-refractivity contribution in [3.05, 3.63) is 106 Å². The second-order valence-electron chi connectivity index (χ2n) is 8.96. The van der Waals surface area contributed by atoms with Crippen LogP contribution in [0, 0.1) is 0 Å². The number of hydrogen-bond donors (Lipinski definition) is 2. The Morgan fingerprint density at radius 1 is 0.895 bits per heavy atom. The number of anilines is 1. The lowest BCUT2D eigenvalue weighted by Gasteiger charge is -2.12. The third-order valence-electron chi connectivity index (χ3n) is 6.24. The minimum absolute atomic E-state index is 0.0343. The summed E-state index contributed by atoms with van der Waals surface area (Å²) in [6.07, 6.45) is 3.86. The van der Waals surface area contributed by atoms with Gasteiger partial charge in [0.15, 0.2) is 5.65 Å². The molecule has 0 aliphatic heterocycles. The molecule has 0 spiro atoms. The number of carbonyl (C=O) groups excluding carboxylic acids is 1. The molecule has 192 valence electrons. The van der Waals surface area contributed by atoms with Crippen LogP contribution < -0.4 is 10.6 Å². The first-order valence-corrected chi connectivity index (χ1v) is 13.7. The van der Waals surface area contributed by atoms with E-state index in [-0.39, 0.29) is 5.91 Å². The van der Waals surface area contributed by atoms with Crippen LogP contribution in [0.15, 0.2) is 95.6 Å². The summed E-state index contributed by atoms with van der Waals surface area (Å²) in [5.41, 5.74) is 5.68. The highest BCUT2D eigenvalue weighted by molar-refractivity contribution is 9.10. The summed E-state index contributed by atoms with van der Waals surface area (Å²) in [4.78, 5) is 17.1. The number of nitrogens with one attached hydrogen (secondary N) is 2. The van der Waals surface area contributed by atoms with Gasteiger partial charge in [-0.2, -0.15) is 9.61 Å². The fraction of sp³-hybridized carbons (Fsp3) is 0.167. The number of amides is 1. The van der Waals surface area contributed by atoms with Gasteiger partial charge in [-0.05, 0) is 51.5 Å². The largest absolute Gasteiger partial charge is 0.370 e. The van der Waals surface area contributed by atoms with E-state index in [0.717, 1.165) is 52.1 Å². The van der Waals surface area contributed by atoms with Crippen LogP contribution in [0.3, 0.4) is 0 Å². The van der Waals surface area contributed by atoms with Crippen LogP contribution in [-0.2, 0) is 11.2 Å². The number of aromatic nitrogens is 3. The van der Waals surface area contributed by atoms with Crippen LogP contribution in [-0.4, -0.2) is 33.6 Å². The normalized spacial score (nSPS) is 11.0. The van der Waals surface area contributed by atoms with Gasteiger partial charge in [0.25, 0.3) is 0 Å². The second-order valence-corrected chi connectivity index (χ2v) is 10.2. The highest BCUT2D eigenvalue weighted by atomic mass is 79.9. The number of carbonyl (C=O) groups is 1. The van der Waals surface area contributed by atoms with Crippen LogP contribution in [0.4, 0.5) is 5.82 Å². The average Bonchev–Trinajstić information content (AvgIpc) is 3.32. The Bertz CT molecular complexity index is 1540. The van der Waals surface area contributed by atoms with Gasteiger partial charge in [-0.25, -0.2) is 4.98 Å². The number of nitrogens with zero attached hydrogens (tertiary/aromatic N) is 3. The molecule has 0 unspecified atom stereocenters. The third kappa shape index (κ3) is 6.23. The highest BCUT2D eigenvalue weighted by Gasteiger charge is 2.13. The molecule has 0 saturated carbocycles. The van der Waals surface area contributed by atoms with Crippen molar-refractivity contribution in [2.45, 2.75) is 19.3 Å². The molecule has 0 atom stereocenters.